The Morgan fingerprint density at radius 2 is 1.76 bits per heavy atom. The van der Waals surface area contributed by atoms with E-state index in [1.165, 1.54) is 12.8 Å². The van der Waals surface area contributed by atoms with Gasteiger partial charge in [0.1, 0.15) is 0 Å². The van der Waals surface area contributed by atoms with Crippen LogP contribution in [0.15, 0.2) is 0 Å². The molecular weight excluding hydrogens is 222 g/mol. The van der Waals surface area contributed by atoms with E-state index in [-0.39, 0.29) is 25.1 Å². The Morgan fingerprint density at radius 3 is 2.35 bits per heavy atom. The van der Waals surface area contributed by atoms with Gasteiger partial charge >= 0.3 is 0 Å². The van der Waals surface area contributed by atoms with Crippen LogP contribution in [0.5, 0.6) is 0 Å². The van der Waals surface area contributed by atoms with Crippen molar-refractivity contribution in [2.45, 2.75) is 37.6 Å². The molecule has 5 nitrogen and oxygen atoms in total. The van der Waals surface area contributed by atoms with Crippen LogP contribution in [0.2, 0.25) is 0 Å². The second-order valence-corrected chi connectivity index (χ2v) is 4.92. The second kappa shape index (κ2) is 6.11. The number of hydrogen-bond acceptors (Lipinski definition) is 5. The van der Waals surface area contributed by atoms with E-state index in [0.29, 0.717) is 19.7 Å². The molecule has 0 radical (unpaired) electrons. The number of aliphatic hydroxyl groups is 2. The van der Waals surface area contributed by atoms with Crippen LogP contribution in [-0.4, -0.2) is 66.5 Å². The van der Waals surface area contributed by atoms with E-state index in [1.54, 1.807) is 0 Å². The van der Waals surface area contributed by atoms with Gasteiger partial charge in [0, 0.05) is 32.5 Å². The first-order chi connectivity index (χ1) is 8.28. The molecule has 1 saturated heterocycles. The molecule has 0 aromatic heterocycles. The van der Waals surface area contributed by atoms with Crippen LogP contribution >= 0.6 is 0 Å². The summed E-state index contributed by atoms with van der Waals surface area (Å²) >= 11 is 0. The Bertz CT molecular complexity index is 225. The third-order valence-electron chi connectivity index (χ3n) is 3.57. The Morgan fingerprint density at radius 1 is 1.12 bits per heavy atom. The van der Waals surface area contributed by atoms with Crippen molar-refractivity contribution in [2.75, 3.05) is 39.5 Å². The average molecular weight is 245 g/mol. The summed E-state index contributed by atoms with van der Waals surface area (Å²) in [6, 6.07) is 0. The van der Waals surface area contributed by atoms with Crippen LogP contribution in [0.1, 0.15) is 25.7 Å². The van der Waals surface area contributed by atoms with Crippen LogP contribution < -0.4 is 0 Å². The van der Waals surface area contributed by atoms with Crippen molar-refractivity contribution in [3.05, 3.63) is 0 Å². The van der Waals surface area contributed by atoms with Gasteiger partial charge in [-0.15, -0.1) is 0 Å². The number of nitrogens with zero attached hydrogens (tertiary/aromatic N) is 1. The normalized spacial score (nSPS) is 27.4. The maximum Gasteiger partial charge on any atom is 0.168 e. The molecule has 17 heavy (non-hydrogen) atoms. The quantitative estimate of drug-likeness (QED) is 0.687. The van der Waals surface area contributed by atoms with Crippen molar-refractivity contribution in [3.63, 3.8) is 0 Å². The molecule has 0 aromatic carbocycles. The van der Waals surface area contributed by atoms with Crippen LogP contribution in [0.25, 0.3) is 0 Å². The van der Waals surface area contributed by atoms with E-state index in [0.717, 1.165) is 19.4 Å². The van der Waals surface area contributed by atoms with Crippen molar-refractivity contribution in [1.82, 2.24) is 4.90 Å². The van der Waals surface area contributed by atoms with Gasteiger partial charge in [0.15, 0.2) is 5.79 Å². The lowest BCUT2D eigenvalue weighted by atomic mass is 10.2. The summed E-state index contributed by atoms with van der Waals surface area (Å²) in [5.74, 6) is -0.311. The zero-order valence-corrected chi connectivity index (χ0v) is 10.3. The predicted molar refractivity (Wildman–Crippen MR) is 62.6 cm³/mol. The molecule has 1 spiro atoms. The third kappa shape index (κ3) is 3.39. The molecular formula is C12H23NO4. The molecule has 1 aliphatic heterocycles. The lowest BCUT2D eigenvalue weighted by molar-refractivity contribution is -0.163. The van der Waals surface area contributed by atoms with Crippen molar-refractivity contribution in [1.29, 1.82) is 0 Å². The molecule has 1 saturated carbocycles. The SMILES string of the molecule is OCCN(CCO)CC1COC2(CCCC2)O1. The number of aliphatic hydroxyl groups excluding tert-OH is 2. The van der Waals surface area contributed by atoms with Crippen LogP contribution in [0, 0.1) is 0 Å². The minimum atomic E-state index is -0.311. The molecule has 0 amide bonds. The highest BCUT2D eigenvalue weighted by molar-refractivity contribution is 4.85. The summed E-state index contributed by atoms with van der Waals surface area (Å²) in [7, 11) is 0. The smallest absolute Gasteiger partial charge is 0.168 e. The van der Waals surface area contributed by atoms with Crippen LogP contribution in [0.3, 0.4) is 0 Å². The van der Waals surface area contributed by atoms with Gasteiger partial charge in [-0.25, -0.2) is 0 Å². The molecule has 100 valence electrons. The summed E-state index contributed by atoms with van der Waals surface area (Å²) in [4.78, 5) is 2.02. The van der Waals surface area contributed by atoms with E-state index in [2.05, 4.69) is 0 Å². The lowest BCUT2D eigenvalue weighted by Crippen LogP contribution is -2.38. The molecule has 1 aliphatic carbocycles. The highest BCUT2D eigenvalue weighted by atomic mass is 16.7. The van der Waals surface area contributed by atoms with Crippen molar-refractivity contribution >= 4 is 0 Å². The van der Waals surface area contributed by atoms with E-state index >= 15 is 0 Å². The van der Waals surface area contributed by atoms with Gasteiger partial charge in [0.2, 0.25) is 0 Å². The van der Waals surface area contributed by atoms with Crippen molar-refractivity contribution < 1.29 is 19.7 Å². The highest BCUT2D eigenvalue weighted by Gasteiger charge is 2.43. The number of ether oxygens (including phenoxy) is 2. The highest BCUT2D eigenvalue weighted by Crippen LogP contribution is 2.39. The molecule has 1 atom stereocenters. The fourth-order valence-corrected chi connectivity index (χ4v) is 2.75. The van der Waals surface area contributed by atoms with Gasteiger partial charge in [-0.05, 0) is 12.8 Å². The third-order valence-corrected chi connectivity index (χ3v) is 3.57. The fourth-order valence-electron chi connectivity index (χ4n) is 2.75. The minimum Gasteiger partial charge on any atom is -0.395 e. The molecule has 0 aromatic rings. The van der Waals surface area contributed by atoms with Crippen molar-refractivity contribution in [3.8, 4) is 0 Å². The fraction of sp³-hybridized carbons (Fsp3) is 1.00. The van der Waals surface area contributed by atoms with Gasteiger partial charge in [-0.2, -0.15) is 0 Å². The van der Waals surface area contributed by atoms with E-state index in [4.69, 9.17) is 19.7 Å². The zero-order valence-electron chi connectivity index (χ0n) is 10.3. The summed E-state index contributed by atoms with van der Waals surface area (Å²) in [6.45, 7) is 2.73. The topological polar surface area (TPSA) is 62.2 Å². The standard InChI is InChI=1S/C12H23NO4/c14-7-5-13(6-8-15)9-11-10-16-12(17-11)3-1-2-4-12/h11,14-15H,1-10H2. The lowest BCUT2D eigenvalue weighted by Gasteiger charge is -2.25. The summed E-state index contributed by atoms with van der Waals surface area (Å²) in [5.41, 5.74) is 0. The molecule has 2 rings (SSSR count). The minimum absolute atomic E-state index is 0.0752. The molecule has 2 aliphatic rings. The van der Waals surface area contributed by atoms with Gasteiger partial charge in [0.25, 0.3) is 0 Å². The average Bonchev–Trinajstić information content (AvgIpc) is 2.91. The molecule has 1 heterocycles. The van der Waals surface area contributed by atoms with Crippen LogP contribution in [-0.2, 0) is 9.47 Å². The Labute approximate surface area is 102 Å². The predicted octanol–water partition coefficient (Wildman–Crippen LogP) is -0.0413. The zero-order chi connectivity index (χ0) is 12.1. The molecule has 0 bridgehead atoms. The maximum atomic E-state index is 8.95. The molecule has 2 N–H and O–H groups in total. The van der Waals surface area contributed by atoms with Gasteiger partial charge < -0.3 is 19.7 Å². The summed E-state index contributed by atoms with van der Waals surface area (Å²) in [6.07, 6.45) is 4.45. The first kappa shape index (κ1) is 13.2. The molecule has 1 unspecified atom stereocenters. The van der Waals surface area contributed by atoms with Crippen LogP contribution in [0.4, 0.5) is 0 Å². The summed E-state index contributed by atoms with van der Waals surface area (Å²) < 4.78 is 11.8. The van der Waals surface area contributed by atoms with Gasteiger partial charge in [-0.3, -0.25) is 4.90 Å². The van der Waals surface area contributed by atoms with Gasteiger partial charge in [-0.1, -0.05) is 0 Å². The Kier molecular flexibility index (Phi) is 4.76. The summed E-state index contributed by atoms with van der Waals surface area (Å²) in [5, 5.41) is 17.9. The van der Waals surface area contributed by atoms with E-state index in [1.807, 2.05) is 4.90 Å². The maximum absolute atomic E-state index is 8.95. The van der Waals surface area contributed by atoms with E-state index in [9.17, 15) is 0 Å². The first-order valence-electron chi connectivity index (χ1n) is 6.54. The second-order valence-electron chi connectivity index (χ2n) is 4.92. The monoisotopic (exact) mass is 245 g/mol. The van der Waals surface area contributed by atoms with Crippen molar-refractivity contribution in [2.24, 2.45) is 0 Å². The largest absolute Gasteiger partial charge is 0.395 e. The first-order valence-corrected chi connectivity index (χ1v) is 6.54. The Hall–Kier alpha value is -0.200. The molecule has 2 fully saturated rings. The number of hydrogen-bond donors (Lipinski definition) is 2. The Balaban J connectivity index is 1.79. The van der Waals surface area contributed by atoms with Gasteiger partial charge in [0.05, 0.1) is 25.9 Å². The number of rotatable bonds is 6. The van der Waals surface area contributed by atoms with E-state index < -0.39 is 0 Å². The molecule has 5 heteroatoms.